The predicted octanol–water partition coefficient (Wildman–Crippen LogP) is 3.99. The van der Waals surface area contributed by atoms with Crippen LogP contribution in [-0.4, -0.2) is 16.5 Å². The molecule has 2 aromatic rings. The van der Waals surface area contributed by atoms with E-state index in [1.54, 1.807) is 11.8 Å². The molecule has 0 atom stereocenters. The molecule has 21 heavy (non-hydrogen) atoms. The minimum Gasteiger partial charge on any atom is -0.312 e. The van der Waals surface area contributed by atoms with Gasteiger partial charge in [-0.15, -0.1) is 0 Å². The standard InChI is InChI=1S/C17H23N3S/c1-12(2)10-18-11-15-5-6-16(13(3)9-15)21-17-19-8-7-14(4)20-17/h5-9,12,18H,10-11H2,1-4H3. The van der Waals surface area contributed by atoms with Crippen LogP contribution in [0.15, 0.2) is 40.5 Å². The van der Waals surface area contributed by atoms with Crippen LogP contribution >= 0.6 is 11.8 Å². The second kappa shape index (κ2) is 7.57. The molecule has 1 aromatic carbocycles. The van der Waals surface area contributed by atoms with Gasteiger partial charge >= 0.3 is 0 Å². The van der Waals surface area contributed by atoms with Crippen LogP contribution in [0.1, 0.15) is 30.7 Å². The SMILES string of the molecule is Cc1ccnc(Sc2ccc(CNCC(C)C)cc2C)n1. The Morgan fingerprint density at radius 2 is 2.00 bits per heavy atom. The molecule has 0 spiro atoms. The molecule has 1 aromatic heterocycles. The highest BCUT2D eigenvalue weighted by Crippen LogP contribution is 2.28. The number of nitrogens with one attached hydrogen (secondary N) is 1. The van der Waals surface area contributed by atoms with E-state index in [-0.39, 0.29) is 0 Å². The molecule has 0 aliphatic carbocycles. The van der Waals surface area contributed by atoms with E-state index in [0.29, 0.717) is 5.92 Å². The lowest BCUT2D eigenvalue weighted by Gasteiger charge is -2.10. The first-order chi connectivity index (χ1) is 10.0. The van der Waals surface area contributed by atoms with Crippen LogP contribution in [0.5, 0.6) is 0 Å². The molecule has 0 aliphatic heterocycles. The van der Waals surface area contributed by atoms with Gasteiger partial charge in [-0.3, -0.25) is 0 Å². The van der Waals surface area contributed by atoms with Gasteiger partial charge in [0.1, 0.15) is 0 Å². The third-order valence-corrected chi connectivity index (χ3v) is 4.15. The van der Waals surface area contributed by atoms with Crippen LogP contribution in [0.25, 0.3) is 0 Å². The maximum Gasteiger partial charge on any atom is 0.192 e. The molecule has 0 unspecified atom stereocenters. The van der Waals surface area contributed by atoms with Crippen molar-refractivity contribution < 1.29 is 0 Å². The van der Waals surface area contributed by atoms with Gasteiger partial charge in [0.2, 0.25) is 0 Å². The number of aromatic nitrogens is 2. The van der Waals surface area contributed by atoms with Crippen molar-refractivity contribution in [2.24, 2.45) is 5.92 Å². The van der Waals surface area contributed by atoms with Crippen LogP contribution < -0.4 is 5.32 Å². The van der Waals surface area contributed by atoms with Gasteiger partial charge in [0.05, 0.1) is 0 Å². The first-order valence-electron chi connectivity index (χ1n) is 7.32. The summed E-state index contributed by atoms with van der Waals surface area (Å²) in [5.41, 5.74) is 3.59. The largest absolute Gasteiger partial charge is 0.312 e. The first-order valence-corrected chi connectivity index (χ1v) is 8.14. The summed E-state index contributed by atoms with van der Waals surface area (Å²) < 4.78 is 0. The number of benzene rings is 1. The van der Waals surface area contributed by atoms with E-state index in [2.05, 4.69) is 54.3 Å². The van der Waals surface area contributed by atoms with E-state index in [4.69, 9.17) is 0 Å². The summed E-state index contributed by atoms with van der Waals surface area (Å²) in [6, 6.07) is 8.50. The van der Waals surface area contributed by atoms with Crippen molar-refractivity contribution in [1.29, 1.82) is 0 Å². The zero-order valence-corrected chi connectivity index (χ0v) is 14.0. The third kappa shape index (κ3) is 5.14. The zero-order valence-electron chi connectivity index (χ0n) is 13.2. The van der Waals surface area contributed by atoms with Crippen molar-refractivity contribution >= 4 is 11.8 Å². The molecular weight excluding hydrogens is 278 g/mol. The van der Waals surface area contributed by atoms with Crippen LogP contribution in [0.4, 0.5) is 0 Å². The first kappa shape index (κ1) is 16.0. The van der Waals surface area contributed by atoms with Gasteiger partial charge in [0.25, 0.3) is 0 Å². The second-order valence-corrected chi connectivity index (χ2v) is 6.72. The van der Waals surface area contributed by atoms with Crippen molar-refractivity contribution in [2.45, 2.75) is 44.3 Å². The fraction of sp³-hybridized carbons (Fsp3) is 0.412. The zero-order chi connectivity index (χ0) is 15.2. The molecular formula is C17H23N3S. The van der Waals surface area contributed by atoms with Crippen molar-refractivity contribution in [3.05, 3.63) is 47.3 Å². The molecule has 0 saturated carbocycles. The van der Waals surface area contributed by atoms with Crippen LogP contribution in [0.3, 0.4) is 0 Å². The van der Waals surface area contributed by atoms with Crippen molar-refractivity contribution in [3.8, 4) is 0 Å². The van der Waals surface area contributed by atoms with Gasteiger partial charge in [0, 0.05) is 23.3 Å². The smallest absolute Gasteiger partial charge is 0.192 e. The second-order valence-electron chi connectivity index (χ2n) is 5.71. The van der Waals surface area contributed by atoms with Gasteiger partial charge in [-0.25, -0.2) is 9.97 Å². The highest BCUT2D eigenvalue weighted by atomic mass is 32.2. The lowest BCUT2D eigenvalue weighted by atomic mass is 10.1. The minimum absolute atomic E-state index is 0.680. The Bertz CT molecular complexity index is 596. The highest BCUT2D eigenvalue weighted by Gasteiger charge is 2.05. The molecule has 0 bridgehead atoms. The Morgan fingerprint density at radius 3 is 2.67 bits per heavy atom. The van der Waals surface area contributed by atoms with Gasteiger partial charge in [0.15, 0.2) is 5.16 Å². The van der Waals surface area contributed by atoms with E-state index in [1.165, 1.54) is 16.0 Å². The molecule has 1 heterocycles. The molecule has 0 radical (unpaired) electrons. The van der Waals surface area contributed by atoms with Crippen LogP contribution in [0, 0.1) is 19.8 Å². The van der Waals surface area contributed by atoms with Gasteiger partial charge in [-0.1, -0.05) is 26.0 Å². The topological polar surface area (TPSA) is 37.8 Å². The maximum absolute atomic E-state index is 4.44. The van der Waals surface area contributed by atoms with E-state index >= 15 is 0 Å². The van der Waals surface area contributed by atoms with E-state index in [9.17, 15) is 0 Å². The Morgan fingerprint density at radius 1 is 1.19 bits per heavy atom. The molecule has 0 amide bonds. The Labute approximate surface area is 131 Å². The molecule has 112 valence electrons. The molecule has 3 nitrogen and oxygen atoms in total. The van der Waals surface area contributed by atoms with Crippen LogP contribution in [0.2, 0.25) is 0 Å². The molecule has 0 aliphatic rings. The summed E-state index contributed by atoms with van der Waals surface area (Å²) in [6.45, 7) is 10.5. The average molecular weight is 301 g/mol. The van der Waals surface area contributed by atoms with Crippen molar-refractivity contribution in [3.63, 3.8) is 0 Å². The summed E-state index contributed by atoms with van der Waals surface area (Å²) in [5, 5.41) is 4.28. The number of hydrogen-bond donors (Lipinski definition) is 1. The summed E-state index contributed by atoms with van der Waals surface area (Å²) >= 11 is 1.62. The van der Waals surface area contributed by atoms with Gasteiger partial charge < -0.3 is 5.32 Å². The Kier molecular flexibility index (Phi) is 5.76. The molecule has 2 rings (SSSR count). The lowest BCUT2D eigenvalue weighted by molar-refractivity contribution is 0.552. The number of rotatable bonds is 6. The van der Waals surface area contributed by atoms with Crippen molar-refractivity contribution in [1.82, 2.24) is 15.3 Å². The van der Waals surface area contributed by atoms with Gasteiger partial charge in [-0.2, -0.15) is 0 Å². The van der Waals surface area contributed by atoms with E-state index in [0.717, 1.165) is 23.9 Å². The quantitative estimate of drug-likeness (QED) is 0.819. The van der Waals surface area contributed by atoms with E-state index < -0.39 is 0 Å². The van der Waals surface area contributed by atoms with Crippen molar-refractivity contribution in [2.75, 3.05) is 6.54 Å². The molecule has 0 saturated heterocycles. The van der Waals surface area contributed by atoms with E-state index in [1.807, 2.05) is 19.2 Å². The average Bonchev–Trinajstić information content (AvgIpc) is 2.41. The van der Waals surface area contributed by atoms with Gasteiger partial charge in [-0.05, 0) is 61.3 Å². The van der Waals surface area contributed by atoms with Crippen LogP contribution in [-0.2, 0) is 6.54 Å². The highest BCUT2D eigenvalue weighted by molar-refractivity contribution is 7.99. The Hall–Kier alpha value is -1.39. The normalized spacial score (nSPS) is 11.1. The maximum atomic E-state index is 4.44. The predicted molar refractivity (Wildman–Crippen MR) is 88.6 cm³/mol. The number of nitrogens with zero attached hydrogens (tertiary/aromatic N) is 2. The summed E-state index contributed by atoms with van der Waals surface area (Å²) in [5.74, 6) is 0.680. The monoisotopic (exact) mass is 301 g/mol. The molecule has 1 N–H and O–H groups in total. The molecule has 0 fully saturated rings. The lowest BCUT2D eigenvalue weighted by Crippen LogP contribution is -2.18. The summed E-state index contributed by atoms with van der Waals surface area (Å²) in [6.07, 6.45) is 1.81. The fourth-order valence-corrected chi connectivity index (χ4v) is 2.87. The third-order valence-electron chi connectivity index (χ3n) is 3.10. The molecule has 4 heteroatoms. The minimum atomic E-state index is 0.680. The fourth-order valence-electron chi connectivity index (χ4n) is 2.01. The summed E-state index contributed by atoms with van der Waals surface area (Å²) in [7, 11) is 0. The summed E-state index contributed by atoms with van der Waals surface area (Å²) in [4.78, 5) is 9.96. The number of hydrogen-bond acceptors (Lipinski definition) is 4. The Balaban J connectivity index is 2.02. The number of aryl methyl sites for hydroxylation is 2.